The van der Waals surface area contributed by atoms with Crippen molar-refractivity contribution in [2.75, 3.05) is 19.7 Å². The van der Waals surface area contributed by atoms with Crippen LogP contribution in [0.4, 0.5) is 0 Å². The van der Waals surface area contributed by atoms with Gasteiger partial charge in [0.2, 0.25) is 5.91 Å². The van der Waals surface area contributed by atoms with Crippen molar-refractivity contribution >= 4 is 34.3 Å². The van der Waals surface area contributed by atoms with Gasteiger partial charge >= 0.3 is 0 Å². The van der Waals surface area contributed by atoms with Gasteiger partial charge in [-0.1, -0.05) is 69.4 Å². The fourth-order valence-corrected chi connectivity index (χ4v) is 4.83. The summed E-state index contributed by atoms with van der Waals surface area (Å²) in [5.41, 5.74) is 1.22. The minimum atomic E-state index is -0.326. The van der Waals surface area contributed by atoms with Gasteiger partial charge in [0.05, 0.1) is 13.2 Å². The predicted molar refractivity (Wildman–Crippen MR) is 129 cm³/mol. The average molecular weight is 462 g/mol. The summed E-state index contributed by atoms with van der Waals surface area (Å²) in [4.78, 5) is 30.5. The molecule has 7 heteroatoms. The van der Waals surface area contributed by atoms with Crippen molar-refractivity contribution in [2.24, 2.45) is 0 Å². The molecule has 176 valence electrons. The molecule has 3 N–H and O–H groups in total. The highest BCUT2D eigenvalue weighted by molar-refractivity contribution is 6.31. The van der Waals surface area contributed by atoms with E-state index in [1.807, 2.05) is 6.07 Å². The number of nitrogens with zero attached hydrogens (tertiary/aromatic N) is 1. The summed E-state index contributed by atoms with van der Waals surface area (Å²) in [7, 11) is 0. The van der Waals surface area contributed by atoms with Crippen LogP contribution in [0.5, 0.6) is 0 Å². The summed E-state index contributed by atoms with van der Waals surface area (Å²) >= 11 is 6.02. The number of halogens is 1. The SMILES string of the molecule is O=C(NCC(=O)N(CCO)C1CCCCCCCCCCC1)c1cc2cc(Cl)ccc2[nH]1. The van der Waals surface area contributed by atoms with E-state index < -0.39 is 0 Å². The standard InChI is InChI=1S/C25H36ClN3O3/c26-20-12-13-22-19(16-20)17-23(28-22)25(32)27-18-24(31)29(14-15-30)21-10-8-6-4-2-1-3-5-7-9-11-21/h12-13,16-17,21,28,30H,1-11,14-15,18H2,(H,27,32). The molecule has 0 aliphatic heterocycles. The Morgan fingerprint density at radius 2 is 1.62 bits per heavy atom. The Morgan fingerprint density at radius 1 is 1.00 bits per heavy atom. The van der Waals surface area contributed by atoms with Crippen molar-refractivity contribution in [1.29, 1.82) is 0 Å². The minimum Gasteiger partial charge on any atom is -0.395 e. The molecule has 1 aliphatic carbocycles. The summed E-state index contributed by atoms with van der Waals surface area (Å²) < 4.78 is 0. The van der Waals surface area contributed by atoms with Crippen molar-refractivity contribution in [3.8, 4) is 0 Å². The van der Waals surface area contributed by atoms with E-state index in [9.17, 15) is 14.7 Å². The van der Waals surface area contributed by atoms with Crippen LogP contribution >= 0.6 is 11.6 Å². The number of amides is 2. The van der Waals surface area contributed by atoms with Crippen LogP contribution in [0, 0.1) is 0 Å². The molecule has 2 aromatic rings. The molecule has 0 atom stereocenters. The fraction of sp³-hybridized carbons (Fsp3) is 0.600. The topological polar surface area (TPSA) is 85.4 Å². The number of carbonyl (C=O) groups excluding carboxylic acids is 2. The van der Waals surface area contributed by atoms with Crippen LogP contribution in [-0.4, -0.2) is 52.5 Å². The number of nitrogens with one attached hydrogen (secondary N) is 2. The molecule has 1 aromatic heterocycles. The zero-order valence-electron chi connectivity index (χ0n) is 18.9. The summed E-state index contributed by atoms with van der Waals surface area (Å²) in [6.45, 7) is 0.161. The van der Waals surface area contributed by atoms with E-state index in [0.29, 0.717) is 17.3 Å². The minimum absolute atomic E-state index is 0.0705. The lowest BCUT2D eigenvalue weighted by Gasteiger charge is -2.32. The lowest BCUT2D eigenvalue weighted by molar-refractivity contribution is -0.133. The lowest BCUT2D eigenvalue weighted by Crippen LogP contribution is -2.47. The van der Waals surface area contributed by atoms with Crippen molar-refractivity contribution in [2.45, 2.75) is 76.7 Å². The molecule has 0 unspecified atom stereocenters. The molecule has 1 saturated carbocycles. The third-order valence-corrected chi connectivity index (χ3v) is 6.64. The van der Waals surface area contributed by atoms with Crippen LogP contribution in [0.25, 0.3) is 10.9 Å². The Bertz CT molecular complexity index is 870. The van der Waals surface area contributed by atoms with Gasteiger partial charge in [0.25, 0.3) is 5.91 Å². The van der Waals surface area contributed by atoms with Crippen LogP contribution in [-0.2, 0) is 4.79 Å². The monoisotopic (exact) mass is 461 g/mol. The smallest absolute Gasteiger partial charge is 0.268 e. The maximum atomic E-state index is 13.0. The maximum Gasteiger partial charge on any atom is 0.268 e. The van der Waals surface area contributed by atoms with Gasteiger partial charge < -0.3 is 20.3 Å². The number of carbonyl (C=O) groups is 2. The molecule has 3 rings (SSSR count). The van der Waals surface area contributed by atoms with Crippen molar-refractivity contribution < 1.29 is 14.7 Å². The van der Waals surface area contributed by atoms with Crippen molar-refractivity contribution in [1.82, 2.24) is 15.2 Å². The number of fused-ring (bicyclic) bond motifs is 1. The van der Waals surface area contributed by atoms with E-state index in [1.165, 1.54) is 44.9 Å². The second-order valence-corrected chi connectivity index (χ2v) is 9.26. The van der Waals surface area contributed by atoms with Crippen molar-refractivity contribution in [3.05, 3.63) is 35.0 Å². The largest absolute Gasteiger partial charge is 0.395 e. The number of aliphatic hydroxyl groups excluding tert-OH is 1. The summed E-state index contributed by atoms with van der Waals surface area (Å²) in [5, 5.41) is 13.8. The van der Waals surface area contributed by atoms with E-state index >= 15 is 0 Å². The summed E-state index contributed by atoms with van der Waals surface area (Å²) in [5.74, 6) is -0.461. The van der Waals surface area contributed by atoms with E-state index in [0.717, 1.165) is 36.6 Å². The number of aromatic amines is 1. The maximum absolute atomic E-state index is 13.0. The third-order valence-electron chi connectivity index (χ3n) is 6.40. The molecule has 0 radical (unpaired) electrons. The number of rotatable bonds is 6. The van der Waals surface area contributed by atoms with Crippen LogP contribution in [0.3, 0.4) is 0 Å². The molecule has 2 amide bonds. The van der Waals surface area contributed by atoms with Gasteiger partial charge in [-0.05, 0) is 37.1 Å². The lowest BCUT2D eigenvalue weighted by atomic mass is 9.97. The van der Waals surface area contributed by atoms with Crippen LogP contribution in [0.2, 0.25) is 5.02 Å². The quantitative estimate of drug-likeness (QED) is 0.563. The molecule has 1 aliphatic rings. The second-order valence-electron chi connectivity index (χ2n) is 8.82. The van der Waals surface area contributed by atoms with Gasteiger partial charge in [-0.3, -0.25) is 9.59 Å². The van der Waals surface area contributed by atoms with Gasteiger partial charge in [0.15, 0.2) is 0 Å². The molecule has 1 fully saturated rings. The Balaban J connectivity index is 1.59. The molecule has 6 nitrogen and oxygen atoms in total. The predicted octanol–water partition coefficient (Wildman–Crippen LogP) is 5.05. The number of hydrogen-bond acceptors (Lipinski definition) is 3. The summed E-state index contributed by atoms with van der Waals surface area (Å²) in [6.07, 6.45) is 13.0. The average Bonchev–Trinajstić information content (AvgIpc) is 3.19. The highest BCUT2D eigenvalue weighted by Crippen LogP contribution is 2.22. The number of benzene rings is 1. The molecule has 0 saturated heterocycles. The Morgan fingerprint density at radius 3 is 2.25 bits per heavy atom. The molecular formula is C25H36ClN3O3. The van der Waals surface area contributed by atoms with Gasteiger partial charge in [0, 0.05) is 28.5 Å². The zero-order chi connectivity index (χ0) is 22.8. The zero-order valence-corrected chi connectivity index (χ0v) is 19.6. The van der Waals surface area contributed by atoms with Gasteiger partial charge in [0.1, 0.15) is 5.69 Å². The third kappa shape index (κ3) is 7.24. The number of hydrogen-bond donors (Lipinski definition) is 3. The van der Waals surface area contributed by atoms with Crippen LogP contribution < -0.4 is 5.32 Å². The molecular weight excluding hydrogens is 426 g/mol. The number of aromatic nitrogens is 1. The van der Waals surface area contributed by atoms with Crippen LogP contribution in [0.15, 0.2) is 24.3 Å². The molecule has 0 bridgehead atoms. The van der Waals surface area contributed by atoms with Crippen LogP contribution in [0.1, 0.15) is 81.1 Å². The first-order valence-corrected chi connectivity index (χ1v) is 12.4. The van der Waals surface area contributed by atoms with Gasteiger partial charge in [-0.25, -0.2) is 0 Å². The first-order valence-electron chi connectivity index (χ1n) is 12.1. The van der Waals surface area contributed by atoms with Gasteiger partial charge in [-0.15, -0.1) is 0 Å². The highest BCUT2D eigenvalue weighted by Gasteiger charge is 2.23. The first-order chi connectivity index (χ1) is 15.6. The number of aliphatic hydroxyl groups is 1. The van der Waals surface area contributed by atoms with E-state index in [1.54, 1.807) is 23.1 Å². The second kappa shape index (κ2) is 12.9. The number of H-pyrrole nitrogens is 1. The summed E-state index contributed by atoms with van der Waals surface area (Å²) in [6, 6.07) is 7.25. The molecule has 0 spiro atoms. The highest BCUT2D eigenvalue weighted by atomic mass is 35.5. The normalized spacial score (nSPS) is 16.8. The Labute approximate surface area is 195 Å². The Kier molecular flexibility index (Phi) is 9.88. The van der Waals surface area contributed by atoms with E-state index in [4.69, 9.17) is 11.6 Å². The van der Waals surface area contributed by atoms with Gasteiger partial charge in [-0.2, -0.15) is 0 Å². The van der Waals surface area contributed by atoms with E-state index in [-0.39, 0.29) is 31.0 Å². The molecule has 32 heavy (non-hydrogen) atoms. The Hall–Kier alpha value is -2.05. The first kappa shape index (κ1) is 24.6. The van der Waals surface area contributed by atoms with E-state index in [2.05, 4.69) is 10.3 Å². The fourth-order valence-electron chi connectivity index (χ4n) is 4.65. The molecule has 1 heterocycles. The molecule has 1 aromatic carbocycles. The van der Waals surface area contributed by atoms with Crippen molar-refractivity contribution in [3.63, 3.8) is 0 Å².